The quantitative estimate of drug-likeness (QED) is 0.523. The second-order valence-corrected chi connectivity index (χ2v) is 8.51. The molecule has 0 saturated heterocycles. The molecular weight excluding hydrogens is 418 g/mol. The summed E-state index contributed by atoms with van der Waals surface area (Å²) in [5, 5.41) is 3.10. The minimum absolute atomic E-state index is 0.0234. The number of halogens is 1. The molecule has 0 aliphatic rings. The average molecular weight is 448 g/mol. The smallest absolute Gasteiger partial charge is 0.258 e. The van der Waals surface area contributed by atoms with Crippen LogP contribution in [0.5, 0.6) is 11.5 Å². The van der Waals surface area contributed by atoms with Crippen molar-refractivity contribution >= 4 is 21.8 Å². The molecule has 0 aromatic heterocycles. The first kappa shape index (κ1) is 22.3. The number of amides is 1. The Morgan fingerprint density at radius 1 is 1.04 bits per heavy atom. The van der Waals surface area contributed by atoms with E-state index in [9.17, 15) is 4.79 Å². The number of carbonyl (C=O) groups excluding carboxylic acids is 1. The summed E-state index contributed by atoms with van der Waals surface area (Å²) in [5.41, 5.74) is 2.28. The largest absolute Gasteiger partial charge is 0.497 e. The lowest BCUT2D eigenvalue weighted by Gasteiger charge is -2.21. The Hall–Kier alpha value is -2.01. The molecule has 2 rings (SSSR count). The maximum atomic E-state index is 12.5. The predicted octanol–water partition coefficient (Wildman–Crippen LogP) is 5.86. The lowest BCUT2D eigenvalue weighted by molar-refractivity contribution is -0.124. The summed E-state index contributed by atoms with van der Waals surface area (Å²) in [7, 11) is 1.64. The molecule has 2 aromatic rings. The van der Waals surface area contributed by atoms with E-state index in [2.05, 4.69) is 48.9 Å². The number of carbonyl (C=O) groups is 1. The van der Waals surface area contributed by atoms with Crippen molar-refractivity contribution in [2.45, 2.75) is 46.1 Å². The molecule has 1 amide bonds. The second kappa shape index (κ2) is 10.5. The van der Waals surface area contributed by atoms with E-state index in [4.69, 9.17) is 9.47 Å². The number of hydrogen-bond donors (Lipinski definition) is 1. The first-order valence-electron chi connectivity index (χ1n) is 9.65. The van der Waals surface area contributed by atoms with Crippen molar-refractivity contribution in [3.05, 3.63) is 58.1 Å². The van der Waals surface area contributed by atoms with Crippen LogP contribution in [-0.4, -0.2) is 19.6 Å². The van der Waals surface area contributed by atoms with Crippen LogP contribution in [-0.2, 0) is 4.79 Å². The van der Waals surface area contributed by atoms with Gasteiger partial charge in [-0.2, -0.15) is 0 Å². The highest BCUT2D eigenvalue weighted by Gasteiger charge is 2.17. The molecule has 0 radical (unpaired) electrons. The maximum absolute atomic E-state index is 12.5. The molecule has 0 fully saturated rings. The summed E-state index contributed by atoms with van der Waals surface area (Å²) < 4.78 is 11.8. The average Bonchev–Trinajstić information content (AvgIpc) is 2.66. The zero-order valence-corrected chi connectivity index (χ0v) is 18.9. The van der Waals surface area contributed by atoms with E-state index in [1.165, 1.54) is 5.56 Å². The first-order chi connectivity index (χ1) is 13.3. The molecule has 5 heteroatoms. The number of ether oxygens (including phenoxy) is 2. The molecule has 0 saturated carbocycles. The topological polar surface area (TPSA) is 47.6 Å². The minimum atomic E-state index is -0.138. The van der Waals surface area contributed by atoms with Crippen LogP contribution in [0.15, 0.2) is 46.9 Å². The van der Waals surface area contributed by atoms with Crippen LogP contribution >= 0.6 is 15.9 Å². The fourth-order valence-corrected chi connectivity index (χ4v) is 3.47. The first-order valence-corrected chi connectivity index (χ1v) is 10.4. The fraction of sp³-hybridized carbons (Fsp3) is 0.435. The molecule has 0 heterocycles. The van der Waals surface area contributed by atoms with Gasteiger partial charge in [-0.3, -0.25) is 4.79 Å². The van der Waals surface area contributed by atoms with E-state index < -0.39 is 0 Å². The third kappa shape index (κ3) is 6.55. The molecule has 0 spiro atoms. The minimum Gasteiger partial charge on any atom is -0.497 e. The third-order valence-electron chi connectivity index (χ3n) is 4.54. The standard InChI is InChI=1S/C23H30BrNO3/c1-15(2)12-21(17-6-9-19(27-5)10-7-17)25-23(26)14-28-22-11-8-18(16(3)4)13-20(22)24/h6-11,13,15-16,21H,12,14H2,1-5H3,(H,25,26)/t21-/m1/s1. The van der Waals surface area contributed by atoms with Crippen molar-refractivity contribution in [2.75, 3.05) is 13.7 Å². The van der Waals surface area contributed by atoms with Crippen LogP contribution in [0.4, 0.5) is 0 Å². The number of hydrogen-bond acceptors (Lipinski definition) is 3. The van der Waals surface area contributed by atoms with Crippen molar-refractivity contribution in [2.24, 2.45) is 5.92 Å². The summed E-state index contributed by atoms with van der Waals surface area (Å²) in [4.78, 5) is 12.5. The van der Waals surface area contributed by atoms with Gasteiger partial charge in [-0.05, 0) is 69.6 Å². The Kier molecular flexibility index (Phi) is 8.36. The molecule has 0 bridgehead atoms. The number of nitrogens with one attached hydrogen (secondary N) is 1. The van der Waals surface area contributed by atoms with E-state index in [1.807, 2.05) is 42.5 Å². The molecule has 0 aliphatic heterocycles. The molecule has 1 N–H and O–H groups in total. The highest BCUT2D eigenvalue weighted by molar-refractivity contribution is 9.10. The van der Waals surface area contributed by atoms with Crippen LogP contribution in [0.3, 0.4) is 0 Å². The Bertz CT molecular complexity index is 772. The van der Waals surface area contributed by atoms with E-state index in [1.54, 1.807) is 7.11 Å². The summed E-state index contributed by atoms with van der Waals surface area (Å²) in [5.74, 6) is 2.23. The fourth-order valence-electron chi connectivity index (χ4n) is 2.96. The van der Waals surface area contributed by atoms with Gasteiger partial charge in [0.2, 0.25) is 0 Å². The van der Waals surface area contributed by atoms with Gasteiger partial charge < -0.3 is 14.8 Å². The SMILES string of the molecule is COc1ccc([C@@H](CC(C)C)NC(=O)COc2ccc(C(C)C)cc2Br)cc1. The third-order valence-corrected chi connectivity index (χ3v) is 5.16. The zero-order valence-electron chi connectivity index (χ0n) is 17.3. The monoisotopic (exact) mass is 447 g/mol. The van der Waals surface area contributed by atoms with Gasteiger partial charge in [0.25, 0.3) is 5.91 Å². The molecule has 1 atom stereocenters. The Labute approximate surface area is 176 Å². The Balaban J connectivity index is 2.01. The lowest BCUT2D eigenvalue weighted by Crippen LogP contribution is -2.33. The lowest BCUT2D eigenvalue weighted by atomic mass is 9.97. The van der Waals surface area contributed by atoms with Crippen molar-refractivity contribution < 1.29 is 14.3 Å². The molecule has 2 aromatic carbocycles. The molecule has 28 heavy (non-hydrogen) atoms. The van der Waals surface area contributed by atoms with Crippen LogP contribution in [0.2, 0.25) is 0 Å². The molecule has 4 nitrogen and oxygen atoms in total. The summed E-state index contributed by atoms with van der Waals surface area (Å²) in [6, 6.07) is 13.7. The van der Waals surface area contributed by atoms with Gasteiger partial charge in [0.1, 0.15) is 11.5 Å². The molecule has 0 aliphatic carbocycles. The molecule has 0 unspecified atom stereocenters. The van der Waals surface area contributed by atoms with E-state index in [-0.39, 0.29) is 18.6 Å². The van der Waals surface area contributed by atoms with Crippen molar-refractivity contribution in [3.63, 3.8) is 0 Å². The van der Waals surface area contributed by atoms with Gasteiger partial charge in [-0.25, -0.2) is 0 Å². The number of benzene rings is 2. The van der Waals surface area contributed by atoms with Crippen LogP contribution < -0.4 is 14.8 Å². The van der Waals surface area contributed by atoms with Crippen molar-refractivity contribution in [1.29, 1.82) is 0 Å². The maximum Gasteiger partial charge on any atom is 0.258 e. The van der Waals surface area contributed by atoms with Crippen molar-refractivity contribution in [3.8, 4) is 11.5 Å². The van der Waals surface area contributed by atoms with E-state index >= 15 is 0 Å². The number of rotatable bonds is 9. The van der Waals surface area contributed by atoms with Crippen molar-refractivity contribution in [1.82, 2.24) is 5.32 Å². The highest BCUT2D eigenvalue weighted by Crippen LogP contribution is 2.29. The second-order valence-electron chi connectivity index (χ2n) is 7.66. The van der Waals surface area contributed by atoms with Gasteiger partial charge in [0.05, 0.1) is 17.6 Å². The van der Waals surface area contributed by atoms with Gasteiger partial charge >= 0.3 is 0 Å². The van der Waals surface area contributed by atoms with Crippen LogP contribution in [0.25, 0.3) is 0 Å². The highest BCUT2D eigenvalue weighted by atomic mass is 79.9. The summed E-state index contributed by atoms with van der Waals surface area (Å²) in [6.45, 7) is 8.55. The number of methoxy groups -OCH3 is 1. The molecule has 152 valence electrons. The predicted molar refractivity (Wildman–Crippen MR) is 117 cm³/mol. The van der Waals surface area contributed by atoms with Gasteiger partial charge in [-0.15, -0.1) is 0 Å². The van der Waals surface area contributed by atoms with Gasteiger partial charge in [0, 0.05) is 0 Å². The van der Waals surface area contributed by atoms with E-state index in [0.717, 1.165) is 22.2 Å². The van der Waals surface area contributed by atoms with Gasteiger partial charge in [-0.1, -0.05) is 45.9 Å². The van der Waals surface area contributed by atoms with Crippen LogP contribution in [0.1, 0.15) is 57.2 Å². The Morgan fingerprint density at radius 3 is 2.21 bits per heavy atom. The van der Waals surface area contributed by atoms with E-state index in [0.29, 0.717) is 17.6 Å². The van der Waals surface area contributed by atoms with Gasteiger partial charge in [0.15, 0.2) is 6.61 Å². The molecular formula is C23H30BrNO3. The summed E-state index contributed by atoms with van der Waals surface area (Å²) in [6.07, 6.45) is 0.852. The Morgan fingerprint density at radius 2 is 1.68 bits per heavy atom. The summed E-state index contributed by atoms with van der Waals surface area (Å²) >= 11 is 3.53. The van der Waals surface area contributed by atoms with Crippen LogP contribution in [0, 0.1) is 5.92 Å². The zero-order chi connectivity index (χ0) is 20.7. The normalized spacial score (nSPS) is 12.1.